The first kappa shape index (κ1) is 27.0. The molecule has 12 nitrogen and oxygen atoms in total. The van der Waals surface area contributed by atoms with E-state index in [0.717, 1.165) is 5.56 Å². The van der Waals surface area contributed by atoms with Gasteiger partial charge in [-0.3, -0.25) is 9.38 Å². The molecule has 5 heterocycles. The number of nitrogens with one attached hydrogen (secondary N) is 1. The minimum absolute atomic E-state index is 0.00936. The molecule has 4 aromatic heterocycles. The number of alkyl halides is 2. The smallest absolute Gasteiger partial charge is 0.296 e. The molecule has 1 aliphatic rings. The molecule has 1 atom stereocenters. The molecular formula is C28H25F2N9O3. The first-order chi connectivity index (χ1) is 20.3. The number of rotatable bonds is 7. The molecule has 0 radical (unpaired) electrons. The number of nitrogens with zero attached hydrogens (tertiary/aromatic N) is 8. The van der Waals surface area contributed by atoms with Crippen LogP contribution in [-0.2, 0) is 0 Å². The number of aromatic nitrogens is 6. The summed E-state index contributed by atoms with van der Waals surface area (Å²) in [5, 5.41) is 21.2. The molecule has 214 valence electrons. The maximum atomic E-state index is 15.0. The van der Waals surface area contributed by atoms with Gasteiger partial charge in [0.15, 0.2) is 17.6 Å². The SMILES string of the molecule is COc1ncc2ncc(C#N)c(Nc3ccc(Oc4cnc5nncn5c4)c(C)c3)c2c1O[C@@H]1CCN(C)CC1(F)F. The Morgan fingerprint density at radius 3 is 2.79 bits per heavy atom. The van der Waals surface area contributed by atoms with Gasteiger partial charge in [-0.15, -0.1) is 10.2 Å². The van der Waals surface area contributed by atoms with Crippen LogP contribution in [0.3, 0.4) is 0 Å². The van der Waals surface area contributed by atoms with Crippen LogP contribution < -0.4 is 19.5 Å². The number of hydrogen-bond donors (Lipinski definition) is 1. The summed E-state index contributed by atoms with van der Waals surface area (Å²) in [7, 11) is 3.02. The predicted octanol–water partition coefficient (Wildman–Crippen LogP) is 4.51. The summed E-state index contributed by atoms with van der Waals surface area (Å²) in [5.41, 5.74) is 2.24. The number of fused-ring (bicyclic) bond motifs is 2. The van der Waals surface area contributed by atoms with Crippen LogP contribution >= 0.6 is 0 Å². The summed E-state index contributed by atoms with van der Waals surface area (Å²) in [6, 6.07) is 7.49. The molecule has 1 aliphatic heterocycles. The summed E-state index contributed by atoms with van der Waals surface area (Å²) >= 11 is 0. The van der Waals surface area contributed by atoms with Crippen molar-refractivity contribution in [3.63, 3.8) is 0 Å². The van der Waals surface area contributed by atoms with Gasteiger partial charge in [-0.05, 0) is 37.7 Å². The van der Waals surface area contributed by atoms with Crippen molar-refractivity contribution in [3.05, 3.63) is 60.4 Å². The molecule has 1 fully saturated rings. The summed E-state index contributed by atoms with van der Waals surface area (Å²) in [6.07, 6.45) is 6.31. The van der Waals surface area contributed by atoms with Crippen molar-refractivity contribution >= 4 is 28.1 Å². The van der Waals surface area contributed by atoms with Gasteiger partial charge >= 0.3 is 0 Å². The Hall–Kier alpha value is -5.16. The standard InChI is InChI=1S/C28H25F2N9O3/c1-16-8-18(4-5-21(16)41-19-11-34-27-37-35-15-39(27)13-19)36-24-17(9-31)10-32-20-12-33-26(40-3)25(23(20)24)42-22-6-7-38(2)14-28(22,29)30/h4-5,8,10-13,15,22H,6-7,14H2,1-3H3,(H,32,36)/t22-/m1/s1. The summed E-state index contributed by atoms with van der Waals surface area (Å²) < 4.78 is 49.0. The minimum Gasteiger partial charge on any atom is -0.478 e. The van der Waals surface area contributed by atoms with Gasteiger partial charge in [0.05, 0.1) is 54.4 Å². The van der Waals surface area contributed by atoms with E-state index < -0.39 is 18.6 Å². The number of likely N-dealkylation sites (tertiary alicyclic amines) is 1. The lowest BCUT2D eigenvalue weighted by Gasteiger charge is -2.36. The van der Waals surface area contributed by atoms with Crippen molar-refractivity contribution in [2.45, 2.75) is 25.4 Å². The molecule has 5 aromatic rings. The van der Waals surface area contributed by atoms with Gasteiger partial charge in [0, 0.05) is 24.8 Å². The van der Waals surface area contributed by atoms with Crippen molar-refractivity contribution in [1.82, 2.24) is 34.4 Å². The third-order valence-corrected chi connectivity index (χ3v) is 6.93. The molecule has 1 N–H and O–H groups in total. The minimum atomic E-state index is -3.12. The molecule has 0 bridgehead atoms. The molecule has 42 heavy (non-hydrogen) atoms. The number of methoxy groups -OCH3 is 1. The van der Waals surface area contributed by atoms with Gasteiger partial charge in [-0.25, -0.2) is 18.7 Å². The van der Waals surface area contributed by atoms with Crippen molar-refractivity contribution in [3.8, 4) is 29.2 Å². The normalized spacial score (nSPS) is 16.7. The van der Waals surface area contributed by atoms with Gasteiger partial charge in [-0.1, -0.05) is 0 Å². The number of anilines is 2. The molecule has 14 heteroatoms. The van der Waals surface area contributed by atoms with E-state index in [1.54, 1.807) is 40.9 Å². The summed E-state index contributed by atoms with van der Waals surface area (Å²) in [5.74, 6) is -1.60. The van der Waals surface area contributed by atoms with E-state index in [2.05, 4.69) is 36.5 Å². The second-order valence-electron chi connectivity index (χ2n) is 9.94. The second-order valence-corrected chi connectivity index (χ2v) is 9.94. The zero-order valence-electron chi connectivity index (χ0n) is 22.9. The Morgan fingerprint density at radius 2 is 2.02 bits per heavy atom. The number of pyridine rings is 2. The molecule has 0 aliphatic carbocycles. The van der Waals surface area contributed by atoms with Crippen LogP contribution in [0.5, 0.6) is 23.1 Å². The van der Waals surface area contributed by atoms with Crippen LogP contribution in [0.15, 0.2) is 49.3 Å². The maximum absolute atomic E-state index is 15.0. The summed E-state index contributed by atoms with van der Waals surface area (Å²) in [4.78, 5) is 14.3. The first-order valence-corrected chi connectivity index (χ1v) is 13.0. The average Bonchev–Trinajstić information content (AvgIpc) is 3.44. The quantitative estimate of drug-likeness (QED) is 0.295. The lowest BCUT2D eigenvalue weighted by atomic mass is 10.0. The zero-order chi connectivity index (χ0) is 29.4. The van der Waals surface area contributed by atoms with Crippen molar-refractivity contribution < 1.29 is 23.0 Å². The van der Waals surface area contributed by atoms with E-state index in [9.17, 15) is 14.0 Å². The van der Waals surface area contributed by atoms with Crippen LogP contribution in [0, 0.1) is 18.3 Å². The highest BCUT2D eigenvalue weighted by atomic mass is 19.3. The van der Waals surface area contributed by atoms with Crippen LogP contribution in [-0.4, -0.2) is 73.7 Å². The van der Waals surface area contributed by atoms with E-state index in [0.29, 0.717) is 46.1 Å². The van der Waals surface area contributed by atoms with Crippen molar-refractivity contribution in [2.24, 2.45) is 0 Å². The largest absolute Gasteiger partial charge is 0.478 e. The first-order valence-electron chi connectivity index (χ1n) is 13.0. The highest BCUT2D eigenvalue weighted by Crippen LogP contribution is 2.43. The molecule has 1 saturated heterocycles. The summed E-state index contributed by atoms with van der Waals surface area (Å²) in [6.45, 7) is 1.86. The molecule has 0 amide bonds. The molecular weight excluding hydrogens is 548 g/mol. The third kappa shape index (κ3) is 5.06. The number of ether oxygens (including phenoxy) is 3. The number of piperidine rings is 1. The highest BCUT2D eigenvalue weighted by molar-refractivity contribution is 6.01. The van der Waals surface area contributed by atoms with Crippen molar-refractivity contribution in [1.29, 1.82) is 5.26 Å². The van der Waals surface area contributed by atoms with Crippen LogP contribution in [0.25, 0.3) is 16.7 Å². The topological polar surface area (TPSA) is 136 Å². The number of benzene rings is 1. The van der Waals surface area contributed by atoms with Gasteiger partial charge < -0.3 is 24.4 Å². The average molecular weight is 574 g/mol. The van der Waals surface area contributed by atoms with Gasteiger partial charge in [0.25, 0.3) is 17.6 Å². The predicted molar refractivity (Wildman–Crippen MR) is 148 cm³/mol. The van der Waals surface area contributed by atoms with E-state index >= 15 is 0 Å². The van der Waals surface area contributed by atoms with E-state index in [-0.39, 0.29) is 23.6 Å². The Bertz CT molecular complexity index is 1840. The van der Waals surface area contributed by atoms with Crippen LogP contribution in [0.1, 0.15) is 17.5 Å². The highest BCUT2D eigenvalue weighted by Gasteiger charge is 2.46. The van der Waals surface area contributed by atoms with Crippen molar-refractivity contribution in [2.75, 3.05) is 32.6 Å². The fourth-order valence-electron chi connectivity index (χ4n) is 4.86. The monoisotopic (exact) mass is 573 g/mol. The van der Waals surface area contributed by atoms with E-state index in [1.807, 2.05) is 13.0 Å². The molecule has 0 saturated carbocycles. The Balaban J connectivity index is 1.37. The molecule has 1 aromatic carbocycles. The lowest BCUT2D eigenvalue weighted by Crippen LogP contribution is -2.52. The Kier molecular flexibility index (Phi) is 6.87. The Morgan fingerprint density at radius 1 is 1.17 bits per heavy atom. The van der Waals surface area contributed by atoms with Crippen LogP contribution in [0.2, 0.25) is 0 Å². The van der Waals surface area contributed by atoms with E-state index in [4.69, 9.17) is 14.2 Å². The fourth-order valence-corrected chi connectivity index (χ4v) is 4.86. The van der Waals surface area contributed by atoms with Gasteiger partial charge in [0.2, 0.25) is 0 Å². The molecule has 6 rings (SSSR count). The lowest BCUT2D eigenvalue weighted by molar-refractivity contribution is -0.135. The zero-order valence-corrected chi connectivity index (χ0v) is 22.9. The Labute approximate surface area is 238 Å². The van der Waals surface area contributed by atoms with Gasteiger partial charge in [-0.2, -0.15) is 5.26 Å². The van der Waals surface area contributed by atoms with Crippen LogP contribution in [0.4, 0.5) is 20.2 Å². The fraction of sp³-hybridized carbons (Fsp3) is 0.286. The van der Waals surface area contributed by atoms with E-state index in [1.165, 1.54) is 25.8 Å². The van der Waals surface area contributed by atoms with Gasteiger partial charge in [0.1, 0.15) is 18.1 Å². The number of nitriles is 1. The second kappa shape index (κ2) is 10.7. The number of aryl methyl sites for hydroxylation is 1. The third-order valence-electron chi connectivity index (χ3n) is 6.93. The molecule has 0 unspecified atom stereocenters. The molecule has 0 spiro atoms. The number of halogens is 2. The number of hydrogen-bond acceptors (Lipinski definition) is 11. The maximum Gasteiger partial charge on any atom is 0.296 e.